The Morgan fingerprint density at radius 2 is 2.20 bits per heavy atom. The van der Waals surface area contributed by atoms with E-state index in [4.69, 9.17) is 0 Å². The van der Waals surface area contributed by atoms with Gasteiger partial charge in [-0.15, -0.1) is 0 Å². The second-order valence-electron chi connectivity index (χ2n) is 3.23. The Kier molecular flexibility index (Phi) is 5.39. The average Bonchev–Trinajstić information content (AvgIpc) is 2.24. The first-order valence-corrected chi connectivity index (χ1v) is 7.09. The summed E-state index contributed by atoms with van der Waals surface area (Å²) in [4.78, 5) is 10.9. The Hall–Kier alpha value is -0.290. The molecule has 84 valence electrons. The van der Waals surface area contributed by atoms with Crippen molar-refractivity contribution in [3.63, 3.8) is 0 Å². The van der Waals surface area contributed by atoms with Gasteiger partial charge in [-0.1, -0.05) is 6.92 Å². The molecule has 1 aromatic heterocycles. The molecule has 0 saturated carbocycles. The van der Waals surface area contributed by atoms with E-state index in [1.54, 1.807) is 0 Å². The van der Waals surface area contributed by atoms with Gasteiger partial charge < -0.3 is 4.90 Å². The monoisotopic (exact) mass is 289 g/mol. The highest BCUT2D eigenvalue weighted by atomic mass is 79.9. The first kappa shape index (κ1) is 12.8. The average molecular weight is 290 g/mol. The van der Waals surface area contributed by atoms with Crippen molar-refractivity contribution in [2.45, 2.75) is 13.3 Å². The maximum absolute atomic E-state index is 4.48. The first-order valence-electron chi connectivity index (χ1n) is 4.91. The molecule has 0 fully saturated rings. The molecular weight excluding hydrogens is 274 g/mol. The maximum Gasteiger partial charge on any atom is 0.133 e. The highest BCUT2D eigenvalue weighted by Crippen LogP contribution is 2.16. The molecule has 0 aliphatic carbocycles. The molecule has 3 nitrogen and oxygen atoms in total. The molecule has 0 saturated heterocycles. The summed E-state index contributed by atoms with van der Waals surface area (Å²) in [5.41, 5.74) is 0. The number of rotatable bonds is 5. The van der Waals surface area contributed by atoms with Gasteiger partial charge in [-0.05, 0) is 22.2 Å². The van der Waals surface area contributed by atoms with Crippen molar-refractivity contribution in [1.82, 2.24) is 9.97 Å². The van der Waals surface area contributed by atoms with Crippen molar-refractivity contribution in [2.75, 3.05) is 30.5 Å². The summed E-state index contributed by atoms with van der Waals surface area (Å²) in [6.07, 6.45) is 2.98. The van der Waals surface area contributed by atoms with E-state index in [0.29, 0.717) is 0 Å². The van der Waals surface area contributed by atoms with Crippen LogP contribution in [0.25, 0.3) is 0 Å². The minimum absolute atomic E-state index is 0.861. The minimum atomic E-state index is 0.861. The van der Waals surface area contributed by atoms with Crippen LogP contribution in [0.4, 0.5) is 5.82 Å². The Balaban J connectivity index is 2.78. The van der Waals surface area contributed by atoms with Crippen LogP contribution in [0.3, 0.4) is 0 Å². The molecule has 15 heavy (non-hydrogen) atoms. The van der Waals surface area contributed by atoms with Crippen LogP contribution in [0, 0.1) is 0 Å². The number of aryl methyl sites for hydroxylation is 1. The number of thioether (sulfide) groups is 1. The van der Waals surface area contributed by atoms with Crippen LogP contribution in [-0.4, -0.2) is 35.6 Å². The molecule has 0 amide bonds. The predicted molar refractivity (Wildman–Crippen MR) is 70.8 cm³/mol. The van der Waals surface area contributed by atoms with Crippen molar-refractivity contribution in [3.8, 4) is 0 Å². The summed E-state index contributed by atoms with van der Waals surface area (Å²) in [5, 5.41) is 0. The molecule has 0 atom stereocenters. The van der Waals surface area contributed by atoms with E-state index in [0.717, 1.165) is 35.0 Å². The molecule has 1 aromatic rings. The SMILES string of the molecule is CCc1nc(Br)cc(N(C)CCSC)n1. The second kappa shape index (κ2) is 6.33. The van der Waals surface area contributed by atoms with Gasteiger partial charge in [0.2, 0.25) is 0 Å². The molecule has 1 rings (SSSR count). The van der Waals surface area contributed by atoms with Gasteiger partial charge >= 0.3 is 0 Å². The summed E-state index contributed by atoms with van der Waals surface area (Å²) in [7, 11) is 2.06. The summed E-state index contributed by atoms with van der Waals surface area (Å²) in [5.74, 6) is 2.98. The highest BCUT2D eigenvalue weighted by molar-refractivity contribution is 9.10. The molecule has 0 bridgehead atoms. The zero-order valence-corrected chi connectivity index (χ0v) is 11.7. The quantitative estimate of drug-likeness (QED) is 0.780. The van der Waals surface area contributed by atoms with E-state index in [9.17, 15) is 0 Å². The number of anilines is 1. The van der Waals surface area contributed by atoms with Crippen LogP contribution in [0.5, 0.6) is 0 Å². The molecule has 1 heterocycles. The van der Waals surface area contributed by atoms with Gasteiger partial charge in [-0.3, -0.25) is 0 Å². The lowest BCUT2D eigenvalue weighted by Crippen LogP contribution is -2.22. The topological polar surface area (TPSA) is 29.0 Å². The van der Waals surface area contributed by atoms with Gasteiger partial charge in [0, 0.05) is 31.8 Å². The zero-order chi connectivity index (χ0) is 11.3. The maximum atomic E-state index is 4.48. The number of halogens is 1. The summed E-state index contributed by atoms with van der Waals surface area (Å²) < 4.78 is 0.861. The fourth-order valence-corrected chi connectivity index (χ4v) is 2.01. The van der Waals surface area contributed by atoms with E-state index in [1.807, 2.05) is 17.8 Å². The third-order valence-electron chi connectivity index (χ3n) is 2.07. The van der Waals surface area contributed by atoms with Crippen LogP contribution in [-0.2, 0) is 6.42 Å². The summed E-state index contributed by atoms with van der Waals surface area (Å²) >= 11 is 5.25. The number of nitrogens with zero attached hydrogens (tertiary/aromatic N) is 3. The summed E-state index contributed by atoms with van der Waals surface area (Å²) in [6, 6.07) is 1.96. The smallest absolute Gasteiger partial charge is 0.133 e. The van der Waals surface area contributed by atoms with Crippen LogP contribution >= 0.6 is 27.7 Å². The molecule has 0 unspecified atom stereocenters. The molecule has 0 radical (unpaired) electrons. The lowest BCUT2D eigenvalue weighted by atomic mass is 10.4. The van der Waals surface area contributed by atoms with Gasteiger partial charge in [-0.2, -0.15) is 11.8 Å². The van der Waals surface area contributed by atoms with Gasteiger partial charge in [0.25, 0.3) is 0 Å². The number of hydrogen-bond donors (Lipinski definition) is 0. The molecule has 0 N–H and O–H groups in total. The number of aromatic nitrogens is 2. The van der Waals surface area contributed by atoms with Crippen molar-refractivity contribution < 1.29 is 0 Å². The van der Waals surface area contributed by atoms with E-state index in [1.165, 1.54) is 0 Å². The Labute approximate surface area is 104 Å². The van der Waals surface area contributed by atoms with E-state index < -0.39 is 0 Å². The third kappa shape index (κ3) is 3.99. The van der Waals surface area contributed by atoms with Crippen LogP contribution in [0.15, 0.2) is 10.7 Å². The third-order valence-corrected chi connectivity index (χ3v) is 3.06. The molecular formula is C10H16BrN3S. The van der Waals surface area contributed by atoms with Gasteiger partial charge in [0.1, 0.15) is 16.2 Å². The van der Waals surface area contributed by atoms with E-state index >= 15 is 0 Å². The summed E-state index contributed by atoms with van der Waals surface area (Å²) in [6.45, 7) is 3.07. The van der Waals surface area contributed by atoms with Gasteiger partial charge in [0.15, 0.2) is 0 Å². The highest BCUT2D eigenvalue weighted by Gasteiger charge is 2.05. The Morgan fingerprint density at radius 3 is 2.80 bits per heavy atom. The van der Waals surface area contributed by atoms with Crippen LogP contribution in [0.1, 0.15) is 12.7 Å². The van der Waals surface area contributed by atoms with Crippen molar-refractivity contribution in [3.05, 3.63) is 16.5 Å². The van der Waals surface area contributed by atoms with Crippen LogP contribution < -0.4 is 4.90 Å². The first-order chi connectivity index (χ1) is 7.17. The van der Waals surface area contributed by atoms with E-state index in [-0.39, 0.29) is 0 Å². The largest absolute Gasteiger partial charge is 0.359 e. The van der Waals surface area contributed by atoms with E-state index in [2.05, 4.69) is 51.0 Å². The van der Waals surface area contributed by atoms with Crippen molar-refractivity contribution in [2.24, 2.45) is 0 Å². The Morgan fingerprint density at radius 1 is 1.47 bits per heavy atom. The van der Waals surface area contributed by atoms with Crippen LogP contribution in [0.2, 0.25) is 0 Å². The van der Waals surface area contributed by atoms with Crippen molar-refractivity contribution in [1.29, 1.82) is 0 Å². The van der Waals surface area contributed by atoms with Gasteiger partial charge in [-0.25, -0.2) is 9.97 Å². The number of hydrogen-bond acceptors (Lipinski definition) is 4. The normalized spacial score (nSPS) is 10.4. The Bertz CT molecular complexity index is 320. The fourth-order valence-electron chi connectivity index (χ4n) is 1.15. The zero-order valence-electron chi connectivity index (χ0n) is 9.33. The van der Waals surface area contributed by atoms with Crippen molar-refractivity contribution >= 4 is 33.5 Å². The predicted octanol–water partition coefficient (Wildman–Crippen LogP) is 2.60. The lowest BCUT2D eigenvalue weighted by molar-refractivity contribution is 0.877. The molecule has 0 aliphatic heterocycles. The molecule has 0 aromatic carbocycles. The lowest BCUT2D eigenvalue weighted by Gasteiger charge is -2.18. The molecule has 0 spiro atoms. The fraction of sp³-hybridized carbons (Fsp3) is 0.600. The second-order valence-corrected chi connectivity index (χ2v) is 5.03. The molecule has 0 aliphatic rings. The molecule has 5 heteroatoms. The standard InChI is InChI=1S/C10H16BrN3S/c1-4-9-12-8(11)7-10(13-9)14(2)5-6-15-3/h7H,4-6H2,1-3H3. The minimum Gasteiger partial charge on any atom is -0.359 e. The van der Waals surface area contributed by atoms with Gasteiger partial charge in [0.05, 0.1) is 0 Å².